The van der Waals surface area contributed by atoms with Crippen LogP contribution in [0.15, 0.2) is 48.5 Å². The summed E-state index contributed by atoms with van der Waals surface area (Å²) >= 11 is 0. The maximum Gasteiger partial charge on any atom is 0.248 e. The van der Waals surface area contributed by atoms with Crippen molar-refractivity contribution >= 4 is 17.7 Å². The SMILES string of the molecule is Cc1ccc(/C=C/C(=O)Nc2ccc(C)c(C)c2)cc1. The number of anilines is 1. The number of aryl methyl sites for hydroxylation is 3. The highest BCUT2D eigenvalue weighted by Crippen LogP contribution is 2.14. The van der Waals surface area contributed by atoms with Crippen molar-refractivity contribution in [2.24, 2.45) is 0 Å². The van der Waals surface area contributed by atoms with Crippen LogP contribution in [0.1, 0.15) is 22.3 Å². The molecule has 102 valence electrons. The zero-order chi connectivity index (χ0) is 14.5. The van der Waals surface area contributed by atoms with Crippen LogP contribution in [-0.4, -0.2) is 5.91 Å². The fourth-order valence-electron chi connectivity index (χ4n) is 1.85. The predicted octanol–water partition coefficient (Wildman–Crippen LogP) is 4.26. The van der Waals surface area contributed by atoms with Crippen molar-refractivity contribution in [3.63, 3.8) is 0 Å². The summed E-state index contributed by atoms with van der Waals surface area (Å²) in [5, 5.41) is 2.87. The Labute approximate surface area is 120 Å². The summed E-state index contributed by atoms with van der Waals surface area (Å²) in [6, 6.07) is 14.0. The Morgan fingerprint density at radius 3 is 2.30 bits per heavy atom. The van der Waals surface area contributed by atoms with E-state index in [0.29, 0.717) is 0 Å². The number of carbonyl (C=O) groups excluding carboxylic acids is 1. The second kappa shape index (κ2) is 6.20. The van der Waals surface area contributed by atoms with Crippen molar-refractivity contribution in [2.45, 2.75) is 20.8 Å². The van der Waals surface area contributed by atoms with Gasteiger partial charge in [0.25, 0.3) is 0 Å². The van der Waals surface area contributed by atoms with Crippen molar-refractivity contribution in [3.8, 4) is 0 Å². The molecule has 0 saturated carbocycles. The average molecular weight is 265 g/mol. The summed E-state index contributed by atoms with van der Waals surface area (Å²) in [6.07, 6.45) is 3.37. The van der Waals surface area contributed by atoms with Crippen LogP contribution in [-0.2, 0) is 4.79 Å². The molecule has 2 aromatic carbocycles. The molecule has 0 aromatic heterocycles. The fourth-order valence-corrected chi connectivity index (χ4v) is 1.85. The minimum absolute atomic E-state index is 0.117. The Morgan fingerprint density at radius 2 is 1.65 bits per heavy atom. The smallest absolute Gasteiger partial charge is 0.248 e. The molecule has 0 unspecified atom stereocenters. The number of benzene rings is 2. The molecule has 2 heteroatoms. The molecule has 0 radical (unpaired) electrons. The van der Waals surface area contributed by atoms with Gasteiger partial charge in [-0.15, -0.1) is 0 Å². The molecule has 0 saturated heterocycles. The molecule has 0 atom stereocenters. The normalized spacial score (nSPS) is 10.8. The maximum absolute atomic E-state index is 11.9. The van der Waals surface area contributed by atoms with Crippen LogP contribution in [0, 0.1) is 20.8 Å². The second-order valence-electron chi connectivity index (χ2n) is 5.03. The summed E-state index contributed by atoms with van der Waals surface area (Å²) in [4.78, 5) is 11.9. The monoisotopic (exact) mass is 265 g/mol. The number of rotatable bonds is 3. The summed E-state index contributed by atoms with van der Waals surface area (Å²) in [5.41, 5.74) is 5.45. The minimum atomic E-state index is -0.117. The molecule has 1 N–H and O–H groups in total. The third-order valence-electron chi connectivity index (χ3n) is 3.28. The molecule has 20 heavy (non-hydrogen) atoms. The van der Waals surface area contributed by atoms with E-state index in [-0.39, 0.29) is 5.91 Å². The number of hydrogen-bond donors (Lipinski definition) is 1. The van der Waals surface area contributed by atoms with Gasteiger partial charge in [-0.2, -0.15) is 0 Å². The Balaban J connectivity index is 2.01. The third-order valence-corrected chi connectivity index (χ3v) is 3.28. The maximum atomic E-state index is 11.9. The standard InChI is InChI=1S/C18H19NO/c1-13-4-7-16(8-5-13)9-11-18(20)19-17-10-6-14(2)15(3)12-17/h4-12H,1-3H3,(H,19,20)/b11-9+. The number of hydrogen-bond acceptors (Lipinski definition) is 1. The Kier molecular flexibility index (Phi) is 4.36. The molecule has 0 aliphatic heterocycles. The van der Waals surface area contributed by atoms with Crippen LogP contribution in [0.2, 0.25) is 0 Å². The highest BCUT2D eigenvalue weighted by atomic mass is 16.1. The van der Waals surface area contributed by atoms with Crippen LogP contribution < -0.4 is 5.32 Å². The van der Waals surface area contributed by atoms with E-state index in [1.165, 1.54) is 16.7 Å². The van der Waals surface area contributed by atoms with Gasteiger partial charge in [-0.05, 0) is 55.7 Å². The first-order valence-corrected chi connectivity index (χ1v) is 6.67. The predicted molar refractivity (Wildman–Crippen MR) is 84.8 cm³/mol. The minimum Gasteiger partial charge on any atom is -0.323 e. The Morgan fingerprint density at radius 1 is 0.950 bits per heavy atom. The molecule has 2 aromatic rings. The van der Waals surface area contributed by atoms with Gasteiger partial charge in [-0.3, -0.25) is 4.79 Å². The van der Waals surface area contributed by atoms with Gasteiger partial charge >= 0.3 is 0 Å². The van der Waals surface area contributed by atoms with E-state index in [9.17, 15) is 4.79 Å². The van der Waals surface area contributed by atoms with Gasteiger partial charge in [0, 0.05) is 11.8 Å². The van der Waals surface area contributed by atoms with E-state index in [1.807, 2.05) is 62.4 Å². The number of amides is 1. The van der Waals surface area contributed by atoms with E-state index in [4.69, 9.17) is 0 Å². The van der Waals surface area contributed by atoms with E-state index in [0.717, 1.165) is 11.3 Å². The van der Waals surface area contributed by atoms with Gasteiger partial charge in [0.1, 0.15) is 0 Å². The zero-order valence-corrected chi connectivity index (χ0v) is 12.1. The highest BCUT2D eigenvalue weighted by Gasteiger charge is 1.99. The zero-order valence-electron chi connectivity index (χ0n) is 12.1. The van der Waals surface area contributed by atoms with Crippen molar-refractivity contribution in [1.29, 1.82) is 0 Å². The third kappa shape index (κ3) is 3.82. The van der Waals surface area contributed by atoms with Crippen LogP contribution in [0.4, 0.5) is 5.69 Å². The molecule has 0 spiro atoms. The Hall–Kier alpha value is -2.35. The van der Waals surface area contributed by atoms with Gasteiger partial charge in [0.2, 0.25) is 5.91 Å². The molecule has 2 nitrogen and oxygen atoms in total. The lowest BCUT2D eigenvalue weighted by Gasteiger charge is -2.05. The van der Waals surface area contributed by atoms with E-state index < -0.39 is 0 Å². The van der Waals surface area contributed by atoms with Gasteiger partial charge in [0.05, 0.1) is 0 Å². The lowest BCUT2D eigenvalue weighted by Crippen LogP contribution is -2.07. The van der Waals surface area contributed by atoms with Gasteiger partial charge < -0.3 is 5.32 Å². The Bertz CT molecular complexity index is 639. The van der Waals surface area contributed by atoms with Crippen molar-refractivity contribution < 1.29 is 4.79 Å². The molecule has 2 rings (SSSR count). The van der Waals surface area contributed by atoms with Crippen LogP contribution in [0.25, 0.3) is 6.08 Å². The molecule has 0 aliphatic rings. The number of nitrogens with one attached hydrogen (secondary N) is 1. The van der Waals surface area contributed by atoms with Crippen molar-refractivity contribution in [2.75, 3.05) is 5.32 Å². The molecular weight excluding hydrogens is 246 g/mol. The van der Waals surface area contributed by atoms with Crippen molar-refractivity contribution in [3.05, 3.63) is 70.8 Å². The van der Waals surface area contributed by atoms with Crippen LogP contribution in [0.5, 0.6) is 0 Å². The average Bonchev–Trinajstić information content (AvgIpc) is 2.42. The first-order chi connectivity index (χ1) is 9.54. The molecule has 0 aliphatic carbocycles. The molecule has 0 heterocycles. The molecule has 0 fully saturated rings. The lowest BCUT2D eigenvalue weighted by atomic mass is 10.1. The first-order valence-electron chi connectivity index (χ1n) is 6.67. The largest absolute Gasteiger partial charge is 0.323 e. The summed E-state index contributed by atoms with van der Waals surface area (Å²) in [5.74, 6) is -0.117. The second-order valence-corrected chi connectivity index (χ2v) is 5.03. The quantitative estimate of drug-likeness (QED) is 0.825. The van der Waals surface area contributed by atoms with Crippen LogP contribution >= 0.6 is 0 Å². The first kappa shape index (κ1) is 14.1. The molecular formula is C18H19NO. The molecule has 0 bridgehead atoms. The van der Waals surface area contributed by atoms with Crippen LogP contribution in [0.3, 0.4) is 0 Å². The topological polar surface area (TPSA) is 29.1 Å². The summed E-state index contributed by atoms with van der Waals surface area (Å²) in [7, 11) is 0. The lowest BCUT2D eigenvalue weighted by molar-refractivity contribution is -0.111. The summed E-state index contributed by atoms with van der Waals surface area (Å²) in [6.45, 7) is 6.13. The van der Waals surface area contributed by atoms with Gasteiger partial charge in [-0.1, -0.05) is 35.9 Å². The fraction of sp³-hybridized carbons (Fsp3) is 0.167. The van der Waals surface area contributed by atoms with E-state index in [1.54, 1.807) is 6.08 Å². The van der Waals surface area contributed by atoms with Gasteiger partial charge in [-0.25, -0.2) is 0 Å². The molecule has 1 amide bonds. The highest BCUT2D eigenvalue weighted by molar-refractivity contribution is 6.01. The summed E-state index contributed by atoms with van der Waals surface area (Å²) < 4.78 is 0. The number of carbonyl (C=O) groups is 1. The van der Waals surface area contributed by atoms with Gasteiger partial charge in [0.15, 0.2) is 0 Å². The van der Waals surface area contributed by atoms with Crippen molar-refractivity contribution in [1.82, 2.24) is 0 Å². The van der Waals surface area contributed by atoms with E-state index >= 15 is 0 Å². The van der Waals surface area contributed by atoms with E-state index in [2.05, 4.69) is 12.2 Å².